The standard InChI is InChI=1S/C11H8ClNO4S2/c12-5-2-1-3-6-9(5)19-11(13-6)18-7(10(16)17)4-8(14)15/h1-3,7H,4H2,(H,14,15)(H,16,17). The van der Waals surface area contributed by atoms with Gasteiger partial charge in [-0.1, -0.05) is 29.4 Å². The van der Waals surface area contributed by atoms with E-state index in [-0.39, 0.29) is 0 Å². The number of benzene rings is 1. The highest BCUT2D eigenvalue weighted by Gasteiger charge is 2.24. The number of thiazole rings is 1. The van der Waals surface area contributed by atoms with E-state index in [4.69, 9.17) is 21.8 Å². The number of carbonyl (C=O) groups is 2. The summed E-state index contributed by atoms with van der Waals surface area (Å²) in [6.07, 6.45) is -0.455. The average molecular weight is 318 g/mol. The van der Waals surface area contributed by atoms with Crippen molar-refractivity contribution < 1.29 is 19.8 Å². The number of carboxylic acids is 2. The number of fused-ring (bicyclic) bond motifs is 1. The number of carboxylic acid groups (broad SMARTS) is 2. The molecule has 2 N–H and O–H groups in total. The van der Waals surface area contributed by atoms with Crippen LogP contribution in [0.1, 0.15) is 6.42 Å². The van der Waals surface area contributed by atoms with Gasteiger partial charge in [-0.05, 0) is 12.1 Å². The second-order valence-electron chi connectivity index (χ2n) is 3.61. The number of nitrogens with zero attached hydrogens (tertiary/aromatic N) is 1. The number of aliphatic carboxylic acids is 2. The van der Waals surface area contributed by atoms with Gasteiger partial charge in [-0.25, -0.2) is 4.98 Å². The fourth-order valence-corrected chi connectivity index (χ4v) is 3.90. The molecule has 1 heterocycles. The molecule has 0 spiro atoms. The molecule has 2 aromatic rings. The summed E-state index contributed by atoms with van der Waals surface area (Å²) < 4.78 is 1.27. The first-order valence-electron chi connectivity index (χ1n) is 5.13. The molecule has 2 rings (SSSR count). The van der Waals surface area contributed by atoms with Gasteiger partial charge in [-0.3, -0.25) is 9.59 Å². The van der Waals surface area contributed by atoms with E-state index in [1.54, 1.807) is 18.2 Å². The van der Waals surface area contributed by atoms with Crippen molar-refractivity contribution >= 4 is 56.9 Å². The minimum atomic E-state index is -1.17. The first-order valence-corrected chi connectivity index (χ1v) is 7.21. The number of hydrogen-bond acceptors (Lipinski definition) is 5. The fourth-order valence-electron chi connectivity index (χ4n) is 1.41. The van der Waals surface area contributed by atoms with Crippen molar-refractivity contribution in [3.63, 3.8) is 0 Å². The Hall–Kier alpha value is -1.31. The van der Waals surface area contributed by atoms with E-state index < -0.39 is 23.6 Å². The Labute approximate surface area is 121 Å². The fraction of sp³-hybridized carbons (Fsp3) is 0.182. The molecule has 19 heavy (non-hydrogen) atoms. The number of rotatable bonds is 5. The Morgan fingerprint density at radius 1 is 1.42 bits per heavy atom. The van der Waals surface area contributed by atoms with Gasteiger partial charge in [0.05, 0.1) is 21.7 Å². The monoisotopic (exact) mass is 317 g/mol. The van der Waals surface area contributed by atoms with Crippen molar-refractivity contribution in [1.82, 2.24) is 4.98 Å². The molecule has 1 aromatic heterocycles. The summed E-state index contributed by atoms with van der Waals surface area (Å²) in [5.74, 6) is -2.32. The van der Waals surface area contributed by atoms with Crippen LogP contribution < -0.4 is 0 Å². The largest absolute Gasteiger partial charge is 0.481 e. The van der Waals surface area contributed by atoms with Crippen molar-refractivity contribution in [1.29, 1.82) is 0 Å². The molecule has 0 aliphatic heterocycles. The molecule has 1 atom stereocenters. The van der Waals surface area contributed by atoms with Crippen molar-refractivity contribution in [2.45, 2.75) is 16.0 Å². The van der Waals surface area contributed by atoms with Crippen LogP contribution in [-0.4, -0.2) is 32.4 Å². The smallest absolute Gasteiger partial charge is 0.317 e. The van der Waals surface area contributed by atoms with E-state index in [0.717, 1.165) is 16.5 Å². The van der Waals surface area contributed by atoms with E-state index in [1.807, 2.05) is 0 Å². The molecule has 5 nitrogen and oxygen atoms in total. The van der Waals surface area contributed by atoms with Crippen LogP contribution in [0.25, 0.3) is 10.2 Å². The van der Waals surface area contributed by atoms with Crippen LogP contribution in [0.4, 0.5) is 0 Å². The lowest BCUT2D eigenvalue weighted by atomic mass is 10.3. The molecular weight excluding hydrogens is 310 g/mol. The molecule has 1 unspecified atom stereocenters. The molecule has 1 aromatic carbocycles. The van der Waals surface area contributed by atoms with Crippen LogP contribution in [0.3, 0.4) is 0 Å². The maximum Gasteiger partial charge on any atom is 0.317 e. The molecular formula is C11H8ClNO4S2. The summed E-state index contributed by atoms with van der Waals surface area (Å²) in [7, 11) is 0. The van der Waals surface area contributed by atoms with Crippen LogP contribution in [-0.2, 0) is 9.59 Å². The summed E-state index contributed by atoms with van der Waals surface area (Å²) in [6, 6.07) is 5.25. The van der Waals surface area contributed by atoms with Crippen LogP contribution in [0.5, 0.6) is 0 Å². The van der Waals surface area contributed by atoms with Crippen LogP contribution in [0.15, 0.2) is 22.5 Å². The molecule has 0 amide bonds. The van der Waals surface area contributed by atoms with Gasteiger partial charge in [0, 0.05) is 0 Å². The highest BCUT2D eigenvalue weighted by atomic mass is 35.5. The van der Waals surface area contributed by atoms with E-state index >= 15 is 0 Å². The minimum absolute atomic E-state index is 0.455. The zero-order chi connectivity index (χ0) is 14.0. The molecule has 100 valence electrons. The van der Waals surface area contributed by atoms with Gasteiger partial charge < -0.3 is 10.2 Å². The molecule has 0 fully saturated rings. The molecule has 0 saturated carbocycles. The van der Waals surface area contributed by atoms with Crippen molar-refractivity contribution in [3.8, 4) is 0 Å². The summed E-state index contributed by atoms with van der Waals surface area (Å²) in [6.45, 7) is 0. The van der Waals surface area contributed by atoms with E-state index in [1.165, 1.54) is 11.3 Å². The SMILES string of the molecule is O=C(O)CC(Sc1nc2cccc(Cl)c2s1)C(=O)O. The van der Waals surface area contributed by atoms with E-state index in [2.05, 4.69) is 4.98 Å². The Balaban J connectivity index is 2.26. The third kappa shape index (κ3) is 3.37. The van der Waals surface area contributed by atoms with Crippen molar-refractivity contribution in [2.75, 3.05) is 0 Å². The first-order chi connectivity index (χ1) is 8.97. The zero-order valence-electron chi connectivity index (χ0n) is 9.37. The molecule has 0 aliphatic carbocycles. The van der Waals surface area contributed by atoms with Gasteiger partial charge in [0.2, 0.25) is 0 Å². The average Bonchev–Trinajstić information content (AvgIpc) is 2.71. The topological polar surface area (TPSA) is 87.5 Å². The summed E-state index contributed by atoms with van der Waals surface area (Å²) in [5.41, 5.74) is 0.680. The summed E-state index contributed by atoms with van der Waals surface area (Å²) in [5, 5.41) is 17.1. The van der Waals surface area contributed by atoms with Gasteiger partial charge in [0.15, 0.2) is 4.34 Å². The molecule has 0 radical (unpaired) electrons. The zero-order valence-corrected chi connectivity index (χ0v) is 11.8. The first kappa shape index (κ1) is 14.1. The Morgan fingerprint density at radius 2 is 2.16 bits per heavy atom. The van der Waals surface area contributed by atoms with E-state index in [0.29, 0.717) is 14.9 Å². The second-order valence-corrected chi connectivity index (χ2v) is 6.47. The molecule has 0 aliphatic rings. The number of hydrogen-bond donors (Lipinski definition) is 2. The van der Waals surface area contributed by atoms with Gasteiger partial charge in [-0.15, -0.1) is 11.3 Å². The normalized spacial score (nSPS) is 12.5. The van der Waals surface area contributed by atoms with Crippen LogP contribution >= 0.6 is 34.7 Å². The minimum Gasteiger partial charge on any atom is -0.481 e. The predicted molar refractivity (Wildman–Crippen MR) is 74.2 cm³/mol. The van der Waals surface area contributed by atoms with Crippen LogP contribution in [0.2, 0.25) is 5.02 Å². The number of halogens is 1. The van der Waals surface area contributed by atoms with Crippen molar-refractivity contribution in [2.24, 2.45) is 0 Å². The maximum absolute atomic E-state index is 11.0. The second kappa shape index (κ2) is 5.77. The third-order valence-corrected chi connectivity index (χ3v) is 5.04. The summed E-state index contributed by atoms with van der Waals surface area (Å²) >= 11 is 8.19. The quantitative estimate of drug-likeness (QED) is 0.824. The lowest BCUT2D eigenvalue weighted by molar-refractivity contribution is -0.142. The Bertz CT molecular complexity index is 643. The van der Waals surface area contributed by atoms with Gasteiger partial charge >= 0.3 is 11.9 Å². The van der Waals surface area contributed by atoms with E-state index in [9.17, 15) is 9.59 Å². The Kier molecular flexibility index (Phi) is 4.28. The highest BCUT2D eigenvalue weighted by Crippen LogP contribution is 2.36. The maximum atomic E-state index is 11.0. The van der Waals surface area contributed by atoms with Gasteiger partial charge in [0.25, 0.3) is 0 Å². The number of aromatic nitrogens is 1. The summed E-state index contributed by atoms with van der Waals surface area (Å²) in [4.78, 5) is 25.8. The van der Waals surface area contributed by atoms with Gasteiger partial charge in [-0.2, -0.15) is 0 Å². The van der Waals surface area contributed by atoms with Crippen LogP contribution in [0, 0.1) is 0 Å². The van der Waals surface area contributed by atoms with Gasteiger partial charge in [0.1, 0.15) is 5.25 Å². The highest BCUT2D eigenvalue weighted by molar-refractivity contribution is 8.02. The Morgan fingerprint density at radius 3 is 2.74 bits per heavy atom. The lowest BCUT2D eigenvalue weighted by Gasteiger charge is -2.06. The molecule has 0 saturated heterocycles. The molecule has 8 heteroatoms. The lowest BCUT2D eigenvalue weighted by Crippen LogP contribution is -2.20. The van der Waals surface area contributed by atoms with Crippen molar-refractivity contribution in [3.05, 3.63) is 23.2 Å². The molecule has 0 bridgehead atoms. The predicted octanol–water partition coefficient (Wildman–Crippen LogP) is 2.97. The number of thioether (sulfide) groups is 1. The third-order valence-electron chi connectivity index (χ3n) is 2.23.